The van der Waals surface area contributed by atoms with Crippen molar-refractivity contribution >= 4 is 16.9 Å². The highest BCUT2D eigenvalue weighted by atomic mass is 19.4. The van der Waals surface area contributed by atoms with Crippen LogP contribution in [0.3, 0.4) is 0 Å². The number of hydrogen-bond acceptors (Lipinski definition) is 5. The molecule has 0 fully saturated rings. The van der Waals surface area contributed by atoms with Crippen LogP contribution in [-0.4, -0.2) is 60.1 Å². The van der Waals surface area contributed by atoms with E-state index in [9.17, 15) is 28.2 Å². The van der Waals surface area contributed by atoms with Gasteiger partial charge in [-0.15, -0.1) is 0 Å². The monoisotopic (exact) mass is 624 g/mol. The summed E-state index contributed by atoms with van der Waals surface area (Å²) in [5.41, 5.74) is 0.0407. The number of ether oxygens (including phenoxy) is 2. The number of aliphatic hydroxyl groups is 1. The standard InChI is InChI=1S/C35H39F3N2O5/c36-35(37,38)28-16-18-30(19-17-28)45-32(27-11-3-1-4-12-27)20-23-40(34(42)43)22-8-2-7-21-39-24-29(41)25-44-33-15-9-13-26-10-5-6-14-31(26)33/h1,3-6,9-19,29,32,39,41H,2,7-8,20-25H2,(H,42,43). The van der Waals surface area contributed by atoms with Crippen LogP contribution >= 0.6 is 0 Å². The van der Waals surface area contributed by atoms with Gasteiger partial charge >= 0.3 is 12.3 Å². The average Bonchev–Trinajstić information content (AvgIpc) is 3.04. The molecule has 3 N–H and O–H groups in total. The molecule has 1 amide bonds. The summed E-state index contributed by atoms with van der Waals surface area (Å²) < 4.78 is 50.7. The van der Waals surface area contributed by atoms with Gasteiger partial charge in [0.25, 0.3) is 0 Å². The Balaban J connectivity index is 1.16. The molecule has 0 saturated carbocycles. The van der Waals surface area contributed by atoms with Gasteiger partial charge in [-0.1, -0.05) is 73.2 Å². The first-order valence-corrected chi connectivity index (χ1v) is 15.1. The zero-order valence-corrected chi connectivity index (χ0v) is 25.0. The van der Waals surface area contributed by atoms with Crippen molar-refractivity contribution in [1.29, 1.82) is 0 Å². The Kier molecular flexibility index (Phi) is 12.5. The van der Waals surface area contributed by atoms with Gasteiger partial charge in [0.1, 0.15) is 30.3 Å². The van der Waals surface area contributed by atoms with Crippen LogP contribution in [0.25, 0.3) is 10.8 Å². The predicted molar refractivity (Wildman–Crippen MR) is 168 cm³/mol. The zero-order valence-electron chi connectivity index (χ0n) is 25.0. The molecule has 2 unspecified atom stereocenters. The smallest absolute Gasteiger partial charge is 0.416 e. The van der Waals surface area contributed by atoms with Crippen molar-refractivity contribution in [3.05, 3.63) is 108 Å². The molecule has 0 aliphatic carbocycles. The summed E-state index contributed by atoms with van der Waals surface area (Å²) in [5, 5.41) is 25.4. The van der Waals surface area contributed by atoms with Crippen LogP contribution in [0.1, 0.15) is 42.9 Å². The number of carbonyl (C=O) groups is 1. The van der Waals surface area contributed by atoms with Crippen LogP contribution in [0.15, 0.2) is 97.1 Å². The molecule has 2 atom stereocenters. The molecule has 45 heavy (non-hydrogen) atoms. The van der Waals surface area contributed by atoms with Crippen LogP contribution in [0, 0.1) is 0 Å². The Morgan fingerprint density at radius 3 is 2.29 bits per heavy atom. The number of aliphatic hydroxyl groups excluding tert-OH is 1. The molecule has 0 aliphatic heterocycles. The molecule has 0 aliphatic rings. The number of rotatable bonds is 17. The van der Waals surface area contributed by atoms with Gasteiger partial charge in [-0.3, -0.25) is 0 Å². The van der Waals surface area contributed by atoms with Crippen LogP contribution in [0.2, 0.25) is 0 Å². The largest absolute Gasteiger partial charge is 0.490 e. The molecule has 4 aromatic rings. The minimum Gasteiger partial charge on any atom is -0.490 e. The predicted octanol–water partition coefficient (Wildman–Crippen LogP) is 7.55. The normalized spacial score (nSPS) is 12.9. The Hall–Kier alpha value is -4.28. The van der Waals surface area contributed by atoms with Gasteiger partial charge in [-0.05, 0) is 60.7 Å². The lowest BCUT2D eigenvalue weighted by molar-refractivity contribution is -0.137. The Morgan fingerprint density at radius 2 is 1.56 bits per heavy atom. The van der Waals surface area contributed by atoms with E-state index in [-0.39, 0.29) is 18.9 Å². The van der Waals surface area contributed by atoms with Crippen molar-refractivity contribution in [2.75, 3.05) is 32.8 Å². The average molecular weight is 625 g/mol. The van der Waals surface area contributed by atoms with Gasteiger partial charge < -0.3 is 29.9 Å². The van der Waals surface area contributed by atoms with Crippen molar-refractivity contribution in [2.24, 2.45) is 0 Å². The highest BCUT2D eigenvalue weighted by Crippen LogP contribution is 2.32. The third-order valence-corrected chi connectivity index (χ3v) is 7.41. The quantitative estimate of drug-likeness (QED) is 0.105. The molecule has 0 spiro atoms. The van der Waals surface area contributed by atoms with Crippen LogP contribution in [-0.2, 0) is 6.18 Å². The fourth-order valence-corrected chi connectivity index (χ4v) is 4.99. The number of carboxylic acid groups (broad SMARTS) is 1. The first kappa shape index (κ1) is 33.6. The Labute approximate surface area is 261 Å². The zero-order chi connectivity index (χ0) is 32.1. The second-order valence-corrected chi connectivity index (χ2v) is 10.8. The summed E-state index contributed by atoms with van der Waals surface area (Å²) in [6, 6.07) is 27.4. The second-order valence-electron chi connectivity index (χ2n) is 10.8. The number of halogens is 3. The number of hydrogen-bond donors (Lipinski definition) is 3. The van der Waals surface area contributed by atoms with E-state index < -0.39 is 30.0 Å². The summed E-state index contributed by atoms with van der Waals surface area (Å²) in [5.74, 6) is 1.01. The summed E-state index contributed by atoms with van der Waals surface area (Å²) in [4.78, 5) is 13.3. The molecular formula is C35H39F3N2O5. The Bertz CT molecular complexity index is 1460. The first-order chi connectivity index (χ1) is 21.7. The molecule has 0 radical (unpaired) electrons. The van der Waals surface area contributed by atoms with Crippen LogP contribution < -0.4 is 14.8 Å². The second kappa shape index (κ2) is 16.7. The highest BCUT2D eigenvalue weighted by molar-refractivity contribution is 5.88. The molecule has 4 rings (SSSR count). The topological polar surface area (TPSA) is 91.3 Å². The fraction of sp³-hybridized carbons (Fsp3) is 0.343. The molecule has 0 aromatic heterocycles. The lowest BCUT2D eigenvalue weighted by Crippen LogP contribution is -2.33. The molecule has 4 aromatic carbocycles. The molecule has 0 heterocycles. The van der Waals surface area contributed by atoms with E-state index in [4.69, 9.17) is 9.47 Å². The summed E-state index contributed by atoms with van der Waals surface area (Å²) in [6.07, 6.45) is -4.08. The molecule has 0 saturated heterocycles. The van der Waals surface area contributed by atoms with E-state index >= 15 is 0 Å². The van der Waals surface area contributed by atoms with Crippen molar-refractivity contribution < 1.29 is 37.7 Å². The van der Waals surface area contributed by atoms with E-state index in [0.717, 1.165) is 47.1 Å². The number of nitrogens with zero attached hydrogens (tertiary/aromatic N) is 1. The van der Waals surface area contributed by atoms with E-state index in [0.29, 0.717) is 32.5 Å². The minimum absolute atomic E-state index is 0.168. The van der Waals surface area contributed by atoms with Gasteiger partial charge in [0.15, 0.2) is 0 Å². The molecular weight excluding hydrogens is 585 g/mol. The van der Waals surface area contributed by atoms with Crippen molar-refractivity contribution in [2.45, 2.75) is 44.1 Å². The van der Waals surface area contributed by atoms with E-state index in [1.807, 2.05) is 72.8 Å². The SMILES string of the molecule is O=C(O)N(CCCCCNCC(O)COc1cccc2ccccc12)CCC(Oc1ccc(C(F)(F)F)cc1)c1ccccc1. The number of alkyl halides is 3. The van der Waals surface area contributed by atoms with Crippen molar-refractivity contribution in [3.63, 3.8) is 0 Å². The maximum absolute atomic E-state index is 13.0. The molecule has 7 nitrogen and oxygen atoms in total. The Morgan fingerprint density at radius 1 is 0.844 bits per heavy atom. The van der Waals surface area contributed by atoms with Gasteiger partial charge in [-0.25, -0.2) is 4.79 Å². The van der Waals surface area contributed by atoms with E-state index in [2.05, 4.69) is 5.32 Å². The van der Waals surface area contributed by atoms with Crippen molar-refractivity contribution in [3.8, 4) is 11.5 Å². The number of fused-ring (bicyclic) bond motifs is 1. The third kappa shape index (κ3) is 10.7. The van der Waals surface area contributed by atoms with E-state index in [1.165, 1.54) is 17.0 Å². The molecule has 0 bridgehead atoms. The number of unbranched alkanes of at least 4 members (excludes halogenated alkanes) is 2. The highest BCUT2D eigenvalue weighted by Gasteiger charge is 2.30. The lowest BCUT2D eigenvalue weighted by Gasteiger charge is -2.24. The minimum atomic E-state index is -4.44. The van der Waals surface area contributed by atoms with Gasteiger partial charge in [0, 0.05) is 31.4 Å². The number of benzene rings is 4. The summed E-state index contributed by atoms with van der Waals surface area (Å²) in [6.45, 7) is 1.78. The maximum atomic E-state index is 13.0. The fourth-order valence-electron chi connectivity index (χ4n) is 4.99. The van der Waals surface area contributed by atoms with Crippen LogP contribution in [0.4, 0.5) is 18.0 Å². The van der Waals surface area contributed by atoms with E-state index in [1.54, 1.807) is 0 Å². The van der Waals surface area contributed by atoms with Crippen LogP contribution in [0.5, 0.6) is 11.5 Å². The van der Waals surface area contributed by atoms with Gasteiger partial charge in [-0.2, -0.15) is 13.2 Å². The van der Waals surface area contributed by atoms with Gasteiger partial charge in [0.05, 0.1) is 5.56 Å². The maximum Gasteiger partial charge on any atom is 0.416 e. The summed E-state index contributed by atoms with van der Waals surface area (Å²) in [7, 11) is 0. The van der Waals surface area contributed by atoms with Gasteiger partial charge in [0.2, 0.25) is 0 Å². The van der Waals surface area contributed by atoms with Crippen molar-refractivity contribution in [1.82, 2.24) is 10.2 Å². The molecule has 10 heteroatoms. The lowest BCUT2D eigenvalue weighted by atomic mass is 10.1. The molecule has 240 valence electrons. The summed E-state index contributed by atoms with van der Waals surface area (Å²) >= 11 is 0. The number of nitrogens with one attached hydrogen (secondary N) is 1. The number of amides is 1. The third-order valence-electron chi connectivity index (χ3n) is 7.41. The first-order valence-electron chi connectivity index (χ1n) is 15.1.